The number of amides is 2. The zero-order valence-corrected chi connectivity index (χ0v) is 19.7. The molecular weight excluding hydrogens is 450 g/mol. The maximum atomic E-state index is 13.1. The summed E-state index contributed by atoms with van der Waals surface area (Å²) in [6, 6.07) is 9.19. The van der Waals surface area contributed by atoms with Crippen LogP contribution in [0.5, 0.6) is 0 Å². The van der Waals surface area contributed by atoms with Crippen molar-refractivity contribution in [3.8, 4) is 0 Å². The van der Waals surface area contributed by atoms with Crippen LogP contribution in [0.15, 0.2) is 41.5 Å². The third-order valence-corrected chi connectivity index (χ3v) is 7.72. The Morgan fingerprint density at radius 1 is 1.21 bits per heavy atom. The Labute approximate surface area is 200 Å². The molecule has 1 saturated carbocycles. The minimum atomic E-state index is -0.677. The first-order valence-electron chi connectivity index (χ1n) is 11.4. The van der Waals surface area contributed by atoms with Crippen molar-refractivity contribution in [3.05, 3.63) is 56.8 Å². The van der Waals surface area contributed by atoms with Crippen LogP contribution in [0.3, 0.4) is 0 Å². The molecule has 3 aromatic rings. The molecule has 0 radical (unpaired) electrons. The number of anilines is 1. The summed E-state index contributed by atoms with van der Waals surface area (Å²) in [5, 5.41) is 0.563. The lowest BCUT2D eigenvalue weighted by atomic mass is 9.88. The van der Waals surface area contributed by atoms with Crippen molar-refractivity contribution in [3.63, 3.8) is 0 Å². The van der Waals surface area contributed by atoms with Gasteiger partial charge in [-0.1, -0.05) is 24.2 Å². The van der Waals surface area contributed by atoms with Gasteiger partial charge in [-0.2, -0.15) is 0 Å². The van der Waals surface area contributed by atoms with Gasteiger partial charge in [-0.3, -0.25) is 14.6 Å². The van der Waals surface area contributed by atoms with E-state index in [9.17, 15) is 14.5 Å². The van der Waals surface area contributed by atoms with Gasteiger partial charge in [0.1, 0.15) is 11.1 Å². The molecule has 0 spiro atoms. The molecular formula is C25H26N5O3S+. The number of benzene rings is 1. The number of hydrogen-bond acceptors (Lipinski definition) is 5. The van der Waals surface area contributed by atoms with Gasteiger partial charge >= 0.3 is 5.82 Å². The third-order valence-electron chi connectivity index (χ3n) is 6.60. The average Bonchev–Trinajstić information content (AvgIpc) is 3.41. The predicted octanol–water partition coefficient (Wildman–Crippen LogP) is 4.91. The van der Waals surface area contributed by atoms with Crippen molar-refractivity contribution < 1.29 is 14.3 Å². The lowest BCUT2D eigenvalue weighted by Gasteiger charge is -2.26. The second kappa shape index (κ2) is 8.98. The fourth-order valence-electron chi connectivity index (χ4n) is 4.68. The van der Waals surface area contributed by atoms with Gasteiger partial charge in [0, 0.05) is 53.0 Å². The number of rotatable bonds is 7. The summed E-state index contributed by atoms with van der Waals surface area (Å²) in [6.07, 6.45) is 8.75. The van der Waals surface area contributed by atoms with E-state index in [1.54, 1.807) is 42.6 Å². The molecule has 8 nitrogen and oxygen atoms in total. The van der Waals surface area contributed by atoms with Crippen molar-refractivity contribution in [2.45, 2.75) is 38.6 Å². The zero-order chi connectivity index (χ0) is 23.8. The van der Waals surface area contributed by atoms with Crippen molar-refractivity contribution in [1.82, 2.24) is 4.98 Å². The minimum absolute atomic E-state index is 0.0459. The van der Waals surface area contributed by atoms with Gasteiger partial charge in [-0.25, -0.2) is 4.98 Å². The van der Waals surface area contributed by atoms with Crippen LogP contribution in [0.2, 0.25) is 0 Å². The Morgan fingerprint density at radius 3 is 2.65 bits per heavy atom. The number of primary amides is 1. The highest BCUT2D eigenvalue weighted by Crippen LogP contribution is 2.34. The molecule has 0 bridgehead atoms. The predicted molar refractivity (Wildman–Crippen MR) is 135 cm³/mol. The second-order valence-corrected chi connectivity index (χ2v) is 10.0. The summed E-state index contributed by atoms with van der Waals surface area (Å²) in [4.78, 5) is 49.0. The van der Waals surface area contributed by atoms with Crippen molar-refractivity contribution >= 4 is 57.3 Å². The molecule has 1 aliphatic heterocycles. The minimum Gasteiger partial charge on any atom is -0.365 e. The SMILES string of the molecule is CN(C(=O)C1CCCCC1)c1ccc2c(C(N)=O)c([N+](=O)Cc3ccc(C4=CN=C4)s3)[nH]c2c1. The topological polar surface area (TPSA) is 112 Å². The van der Waals surface area contributed by atoms with Crippen LogP contribution in [0.25, 0.3) is 16.5 Å². The first-order valence-corrected chi connectivity index (χ1v) is 12.2. The van der Waals surface area contributed by atoms with Gasteiger partial charge < -0.3 is 10.6 Å². The van der Waals surface area contributed by atoms with E-state index in [0.717, 1.165) is 45.8 Å². The van der Waals surface area contributed by atoms with Crippen LogP contribution in [0.1, 0.15) is 52.2 Å². The highest BCUT2D eigenvalue weighted by molar-refractivity contribution is 7.13. The van der Waals surface area contributed by atoms with Crippen molar-refractivity contribution in [1.29, 1.82) is 0 Å². The van der Waals surface area contributed by atoms with Crippen LogP contribution >= 0.6 is 11.3 Å². The summed E-state index contributed by atoms with van der Waals surface area (Å²) in [6.45, 7) is 0.0785. The van der Waals surface area contributed by atoms with E-state index in [-0.39, 0.29) is 29.8 Å². The molecule has 5 rings (SSSR count). The molecule has 174 valence electrons. The van der Waals surface area contributed by atoms with Crippen LogP contribution in [-0.4, -0.2) is 34.8 Å². The number of hydrogen-bond donors (Lipinski definition) is 2. The van der Waals surface area contributed by atoms with E-state index in [0.29, 0.717) is 16.6 Å². The number of nitrogens with zero attached hydrogens (tertiary/aromatic N) is 3. The molecule has 0 atom stereocenters. The third kappa shape index (κ3) is 4.07. The molecule has 1 aromatic carbocycles. The fraction of sp³-hybridized carbons (Fsp3) is 0.320. The quantitative estimate of drug-likeness (QED) is 0.473. The summed E-state index contributed by atoms with van der Waals surface area (Å²) >= 11 is 1.51. The van der Waals surface area contributed by atoms with Crippen molar-refractivity contribution in [2.24, 2.45) is 16.6 Å². The van der Waals surface area contributed by atoms with Gasteiger partial charge in [0.2, 0.25) is 5.91 Å². The molecule has 2 aromatic heterocycles. The van der Waals surface area contributed by atoms with Crippen LogP contribution < -0.4 is 10.6 Å². The Morgan fingerprint density at radius 2 is 1.97 bits per heavy atom. The lowest BCUT2D eigenvalue weighted by Crippen LogP contribution is -2.33. The van der Waals surface area contributed by atoms with Crippen LogP contribution in [0, 0.1) is 10.8 Å². The number of aromatic amines is 1. The van der Waals surface area contributed by atoms with Crippen LogP contribution in [0.4, 0.5) is 11.5 Å². The fourth-order valence-corrected chi connectivity index (χ4v) is 5.64. The molecule has 3 N–H and O–H groups in total. The first-order chi connectivity index (χ1) is 16.4. The number of carbonyl (C=O) groups excluding carboxylic acids is 2. The Hall–Kier alpha value is -3.59. The summed E-state index contributed by atoms with van der Waals surface area (Å²) in [5.41, 5.74) is 8.16. The standard InChI is InChI=1S/C25H25N5O3S/c1-29(25(32)15-5-3-2-4-6-15)17-7-9-19-20(11-17)28-24(22(19)23(26)31)30(33)14-18-8-10-21(34-18)16-12-27-13-16/h7-13,15H,2-6,14H2,1H3,(H2-,26,28,31,33)/p+1. The Balaban J connectivity index is 1.42. The zero-order valence-electron chi connectivity index (χ0n) is 18.9. The smallest absolute Gasteiger partial charge is 0.332 e. The number of fused-ring (bicyclic) bond motifs is 1. The first kappa shape index (κ1) is 22.2. The van der Waals surface area contributed by atoms with E-state index in [4.69, 9.17) is 5.73 Å². The van der Waals surface area contributed by atoms with Gasteiger partial charge in [-0.15, -0.1) is 11.3 Å². The average molecular weight is 477 g/mol. The van der Waals surface area contributed by atoms with Gasteiger partial charge in [0.05, 0.1) is 4.88 Å². The van der Waals surface area contributed by atoms with E-state index < -0.39 is 5.91 Å². The number of nitrogens with one attached hydrogen (secondary N) is 1. The number of allylic oxidation sites excluding steroid dienone is 1. The van der Waals surface area contributed by atoms with E-state index >= 15 is 0 Å². The summed E-state index contributed by atoms with van der Waals surface area (Å²) in [5.74, 6) is -0.402. The van der Waals surface area contributed by atoms with E-state index in [1.807, 2.05) is 12.1 Å². The molecule has 1 fully saturated rings. The number of nitrogens with two attached hydrogens (primary N) is 1. The van der Waals surface area contributed by atoms with E-state index in [2.05, 4.69) is 9.98 Å². The van der Waals surface area contributed by atoms with Gasteiger partial charge in [0.25, 0.3) is 5.91 Å². The second-order valence-electron chi connectivity index (χ2n) is 8.84. The number of nitroso groups, excluding NO2 is 1. The number of H-pyrrole nitrogens is 1. The maximum absolute atomic E-state index is 13.1. The van der Waals surface area contributed by atoms with Gasteiger partial charge in [0.15, 0.2) is 6.54 Å². The molecule has 34 heavy (non-hydrogen) atoms. The van der Waals surface area contributed by atoms with Crippen LogP contribution in [-0.2, 0) is 11.3 Å². The summed E-state index contributed by atoms with van der Waals surface area (Å²) in [7, 11) is 1.77. The molecule has 2 aliphatic rings. The molecule has 2 amide bonds. The van der Waals surface area contributed by atoms with Gasteiger partial charge in [-0.05, 0) is 41.9 Å². The molecule has 0 unspecified atom stereocenters. The normalized spacial score (nSPS) is 15.7. The number of aromatic nitrogens is 1. The maximum Gasteiger partial charge on any atom is 0.332 e. The van der Waals surface area contributed by atoms with E-state index in [1.165, 1.54) is 17.8 Å². The number of thiophene rings is 1. The Bertz CT molecular complexity index is 1360. The molecule has 3 heterocycles. The molecule has 0 saturated heterocycles. The monoisotopic (exact) mass is 476 g/mol. The molecule has 9 heteroatoms. The number of aliphatic imine (C=N–C) groups is 1. The lowest BCUT2D eigenvalue weighted by molar-refractivity contribution is -0.483. The highest BCUT2D eigenvalue weighted by atomic mass is 32.1. The highest BCUT2D eigenvalue weighted by Gasteiger charge is 2.30. The Kier molecular flexibility index (Phi) is 5.87. The number of carbonyl (C=O) groups is 2. The molecule has 1 aliphatic carbocycles. The van der Waals surface area contributed by atoms with Crippen molar-refractivity contribution in [2.75, 3.05) is 11.9 Å². The largest absolute Gasteiger partial charge is 0.365 e. The summed E-state index contributed by atoms with van der Waals surface area (Å²) < 4.78 is 0.759.